The number of carbonyl (C=O) groups is 1. The first-order chi connectivity index (χ1) is 9.81. The molecule has 4 nitrogen and oxygen atoms in total. The molecule has 1 aliphatic carbocycles. The van der Waals surface area contributed by atoms with Gasteiger partial charge in [-0.1, -0.05) is 30.3 Å². The number of carbonyl (C=O) groups excluding carboxylic acids is 1. The number of nitrogens with zero attached hydrogens (tertiary/aromatic N) is 1. The van der Waals surface area contributed by atoms with Crippen LogP contribution in [0.25, 0.3) is 0 Å². The third kappa shape index (κ3) is 3.07. The maximum absolute atomic E-state index is 12.0. The lowest BCUT2D eigenvalue weighted by atomic mass is 9.93. The van der Waals surface area contributed by atoms with Gasteiger partial charge >= 0.3 is 0 Å². The lowest BCUT2D eigenvalue weighted by Gasteiger charge is -2.22. The van der Waals surface area contributed by atoms with E-state index < -0.39 is 0 Å². The fourth-order valence-electron chi connectivity index (χ4n) is 2.73. The summed E-state index contributed by atoms with van der Waals surface area (Å²) in [5.74, 6) is 0.141. The van der Waals surface area contributed by atoms with E-state index in [1.807, 2.05) is 24.4 Å². The zero-order valence-corrected chi connectivity index (χ0v) is 11.4. The summed E-state index contributed by atoms with van der Waals surface area (Å²) in [5, 5.41) is 10.2. The van der Waals surface area contributed by atoms with Crippen LogP contribution in [0.4, 0.5) is 0 Å². The lowest BCUT2D eigenvalue weighted by molar-refractivity contribution is -0.121. The molecule has 20 heavy (non-hydrogen) atoms. The summed E-state index contributed by atoms with van der Waals surface area (Å²) in [6.45, 7) is 0. The molecule has 1 heterocycles. The van der Waals surface area contributed by atoms with Gasteiger partial charge in [-0.15, -0.1) is 0 Å². The molecule has 4 heteroatoms. The first kappa shape index (κ1) is 12.9. The summed E-state index contributed by atoms with van der Waals surface area (Å²) in [7, 11) is 0. The van der Waals surface area contributed by atoms with E-state index in [4.69, 9.17) is 0 Å². The number of nitrogens with one attached hydrogen (secondary N) is 2. The molecular weight excluding hydrogens is 250 g/mol. The second-order valence-electron chi connectivity index (χ2n) is 5.37. The smallest absolute Gasteiger partial charge is 0.220 e. The zero-order chi connectivity index (χ0) is 13.8. The summed E-state index contributed by atoms with van der Waals surface area (Å²) < 4.78 is 0. The van der Waals surface area contributed by atoms with Crippen LogP contribution in [0.3, 0.4) is 0 Å². The summed E-state index contributed by atoms with van der Waals surface area (Å²) in [5.41, 5.74) is 3.67. The van der Waals surface area contributed by atoms with Crippen molar-refractivity contribution in [3.8, 4) is 0 Å². The topological polar surface area (TPSA) is 57.8 Å². The lowest BCUT2D eigenvalue weighted by Crippen LogP contribution is -2.38. The predicted molar refractivity (Wildman–Crippen MR) is 77.3 cm³/mol. The van der Waals surface area contributed by atoms with Gasteiger partial charge in [0.1, 0.15) is 0 Å². The minimum atomic E-state index is 0.141. The highest BCUT2D eigenvalue weighted by Gasteiger charge is 2.21. The number of hydrogen-bond acceptors (Lipinski definition) is 2. The maximum atomic E-state index is 12.0. The highest BCUT2D eigenvalue weighted by Crippen LogP contribution is 2.18. The Morgan fingerprint density at radius 2 is 2.20 bits per heavy atom. The van der Waals surface area contributed by atoms with Crippen molar-refractivity contribution in [3.05, 3.63) is 53.3 Å². The molecule has 1 atom stereocenters. The monoisotopic (exact) mass is 269 g/mol. The highest BCUT2D eigenvalue weighted by molar-refractivity contribution is 5.76. The third-order valence-corrected chi connectivity index (χ3v) is 3.87. The Morgan fingerprint density at radius 1 is 1.35 bits per heavy atom. The molecule has 2 N–H and O–H groups in total. The van der Waals surface area contributed by atoms with Gasteiger partial charge in [-0.05, 0) is 30.4 Å². The molecule has 0 bridgehead atoms. The predicted octanol–water partition coefficient (Wildman–Crippen LogP) is 2.02. The van der Waals surface area contributed by atoms with E-state index in [0.29, 0.717) is 6.42 Å². The number of fused-ring (bicyclic) bond motifs is 1. The summed E-state index contributed by atoms with van der Waals surface area (Å²) in [6.07, 6.45) is 6.11. The van der Waals surface area contributed by atoms with Crippen LogP contribution in [0.5, 0.6) is 0 Å². The second kappa shape index (κ2) is 5.90. The normalized spacial score (nSPS) is 17.5. The minimum Gasteiger partial charge on any atom is -0.353 e. The fraction of sp³-hybridized carbons (Fsp3) is 0.375. The van der Waals surface area contributed by atoms with E-state index in [1.165, 1.54) is 16.8 Å². The molecule has 2 aromatic rings. The number of amides is 1. The van der Waals surface area contributed by atoms with Crippen LogP contribution in [0.15, 0.2) is 36.5 Å². The molecule has 0 spiro atoms. The van der Waals surface area contributed by atoms with Crippen LogP contribution >= 0.6 is 0 Å². The Balaban J connectivity index is 1.48. The summed E-state index contributed by atoms with van der Waals surface area (Å²) in [4.78, 5) is 12.0. The van der Waals surface area contributed by atoms with Crippen molar-refractivity contribution in [1.29, 1.82) is 0 Å². The molecule has 1 aliphatic rings. The van der Waals surface area contributed by atoms with Crippen molar-refractivity contribution >= 4 is 5.91 Å². The number of hydrogen-bond donors (Lipinski definition) is 2. The van der Waals surface area contributed by atoms with Gasteiger partial charge in [0, 0.05) is 24.6 Å². The average Bonchev–Trinajstić information content (AvgIpc) is 2.94. The van der Waals surface area contributed by atoms with E-state index in [9.17, 15) is 4.79 Å². The van der Waals surface area contributed by atoms with Gasteiger partial charge in [0.25, 0.3) is 0 Å². The number of benzene rings is 1. The van der Waals surface area contributed by atoms with Gasteiger partial charge in [0.05, 0.1) is 6.20 Å². The number of aromatic nitrogens is 2. The second-order valence-corrected chi connectivity index (χ2v) is 5.37. The van der Waals surface area contributed by atoms with E-state index in [0.717, 1.165) is 25.7 Å². The van der Waals surface area contributed by atoms with E-state index in [1.54, 1.807) is 0 Å². The van der Waals surface area contributed by atoms with Gasteiger partial charge in [-0.2, -0.15) is 5.10 Å². The molecule has 3 rings (SSSR count). The van der Waals surface area contributed by atoms with E-state index >= 15 is 0 Å². The van der Waals surface area contributed by atoms with Gasteiger partial charge in [0.2, 0.25) is 5.91 Å². The number of aromatic amines is 1. The van der Waals surface area contributed by atoms with Crippen LogP contribution in [0, 0.1) is 0 Å². The van der Waals surface area contributed by atoms with Gasteiger partial charge in [0.15, 0.2) is 0 Å². The van der Waals surface area contributed by atoms with Crippen molar-refractivity contribution in [2.24, 2.45) is 0 Å². The minimum absolute atomic E-state index is 0.141. The maximum Gasteiger partial charge on any atom is 0.220 e. The summed E-state index contributed by atoms with van der Waals surface area (Å²) in [6, 6.07) is 10.4. The Morgan fingerprint density at radius 3 is 3.05 bits per heavy atom. The molecule has 0 saturated carbocycles. The van der Waals surface area contributed by atoms with Gasteiger partial charge in [-0.3, -0.25) is 9.89 Å². The van der Waals surface area contributed by atoms with Crippen LogP contribution in [-0.4, -0.2) is 22.1 Å². The van der Waals surface area contributed by atoms with Gasteiger partial charge < -0.3 is 5.32 Å². The Bertz CT molecular complexity index is 576. The highest BCUT2D eigenvalue weighted by atomic mass is 16.1. The molecule has 104 valence electrons. The van der Waals surface area contributed by atoms with E-state index in [2.05, 4.69) is 27.6 Å². The van der Waals surface area contributed by atoms with E-state index in [-0.39, 0.29) is 11.9 Å². The van der Waals surface area contributed by atoms with Crippen molar-refractivity contribution in [3.63, 3.8) is 0 Å². The molecule has 0 radical (unpaired) electrons. The van der Waals surface area contributed by atoms with Crippen LogP contribution in [0.1, 0.15) is 29.7 Å². The van der Waals surface area contributed by atoms with Crippen molar-refractivity contribution in [2.75, 3.05) is 0 Å². The first-order valence-corrected chi connectivity index (χ1v) is 7.15. The molecule has 0 aliphatic heterocycles. The molecule has 1 amide bonds. The Hall–Kier alpha value is -2.10. The van der Waals surface area contributed by atoms with Crippen molar-refractivity contribution in [1.82, 2.24) is 15.5 Å². The first-order valence-electron chi connectivity index (χ1n) is 7.15. The quantitative estimate of drug-likeness (QED) is 0.892. The summed E-state index contributed by atoms with van der Waals surface area (Å²) >= 11 is 0. The Labute approximate surface area is 118 Å². The fourth-order valence-corrected chi connectivity index (χ4v) is 2.73. The number of rotatable bonds is 4. The molecule has 0 saturated heterocycles. The molecule has 1 unspecified atom stereocenters. The zero-order valence-electron chi connectivity index (χ0n) is 11.4. The molecular formula is C16H19N3O. The van der Waals surface area contributed by atoms with Crippen molar-refractivity contribution in [2.45, 2.75) is 38.1 Å². The van der Waals surface area contributed by atoms with Crippen LogP contribution < -0.4 is 5.32 Å². The van der Waals surface area contributed by atoms with Gasteiger partial charge in [-0.25, -0.2) is 0 Å². The molecule has 0 fully saturated rings. The largest absolute Gasteiger partial charge is 0.353 e. The third-order valence-electron chi connectivity index (χ3n) is 3.87. The number of aryl methyl sites for hydroxylation is 2. The SMILES string of the molecule is O=C(CCc1ccccc1)NC1CCc2cn[nH]c2C1. The average molecular weight is 269 g/mol. The molecule has 1 aromatic carbocycles. The standard InChI is InChI=1S/C16H19N3O/c20-16(9-6-12-4-2-1-3-5-12)18-14-8-7-13-11-17-19-15(13)10-14/h1-5,11,14H,6-10H2,(H,17,19)(H,18,20). The number of H-pyrrole nitrogens is 1. The van der Waals surface area contributed by atoms with Crippen molar-refractivity contribution < 1.29 is 4.79 Å². The molecule has 1 aromatic heterocycles. The Kier molecular flexibility index (Phi) is 3.81. The van der Waals surface area contributed by atoms with Crippen LogP contribution in [-0.2, 0) is 24.1 Å². The van der Waals surface area contributed by atoms with Crippen LogP contribution in [0.2, 0.25) is 0 Å².